The lowest BCUT2D eigenvalue weighted by Gasteiger charge is -2.50. The molecule has 3 rings (SSSR count). The maximum atomic E-state index is 14.4. The molecule has 3 aliphatic heterocycles. The standard InChI is InChI=1S/C43H81N3O13/c1-17-31-43(10,50)36(48)26(4)33(44-51)24(2)22-41(8,52-15)37(59-40-34(47)30(46(13)14)21-25(3)55-40)27(5)35(28(6)39(49)57-31)58-32-23-42(9,53-16)38(29(7)56-32)54-20-18-19-45(11)12/h24-32,34-38,40,47-48,50-51H,17-23H2,1-16H3/b44-33+/t24-,25-,26+,27+,28-,29-,30+,31-,32-,34-,35+,36-,37-,38-,40+,41-,42+,43-/m1/s1. The molecule has 0 aromatic heterocycles. The van der Waals surface area contributed by atoms with Crippen molar-refractivity contribution in [2.45, 2.75) is 186 Å². The number of ether oxygens (including phenoxy) is 8. The maximum absolute atomic E-state index is 14.4. The molecule has 16 nitrogen and oxygen atoms in total. The van der Waals surface area contributed by atoms with Gasteiger partial charge in [0.15, 0.2) is 12.6 Å². The molecule has 346 valence electrons. The first-order valence-electron chi connectivity index (χ1n) is 21.6. The molecular formula is C43H81N3O13. The molecule has 0 saturated carbocycles. The minimum absolute atomic E-state index is 0.179. The number of oxime groups is 1. The van der Waals surface area contributed by atoms with E-state index in [1.54, 1.807) is 35.0 Å². The molecule has 0 amide bonds. The summed E-state index contributed by atoms with van der Waals surface area (Å²) in [7, 11) is 11.0. The fourth-order valence-corrected chi connectivity index (χ4v) is 9.68. The van der Waals surface area contributed by atoms with E-state index in [-0.39, 0.29) is 37.1 Å². The van der Waals surface area contributed by atoms with Crippen molar-refractivity contribution < 1.29 is 63.2 Å². The van der Waals surface area contributed by atoms with Gasteiger partial charge in [-0.1, -0.05) is 32.9 Å². The molecular weight excluding hydrogens is 766 g/mol. The Morgan fingerprint density at radius 2 is 1.49 bits per heavy atom. The van der Waals surface area contributed by atoms with E-state index in [1.807, 2.05) is 74.6 Å². The lowest BCUT2D eigenvalue weighted by Crippen LogP contribution is -2.61. The first-order chi connectivity index (χ1) is 27.4. The van der Waals surface area contributed by atoms with Crippen LogP contribution in [0.15, 0.2) is 5.16 Å². The number of rotatable bonds is 13. The smallest absolute Gasteiger partial charge is 0.311 e. The van der Waals surface area contributed by atoms with Crippen molar-refractivity contribution in [3.05, 3.63) is 0 Å². The van der Waals surface area contributed by atoms with Crippen LogP contribution >= 0.6 is 0 Å². The quantitative estimate of drug-likeness (QED) is 0.0909. The molecule has 18 atom stereocenters. The number of carbonyl (C=O) groups is 1. The summed E-state index contributed by atoms with van der Waals surface area (Å²) < 4.78 is 51.8. The van der Waals surface area contributed by atoms with E-state index in [0.717, 1.165) is 13.0 Å². The Labute approximate surface area is 354 Å². The first kappa shape index (κ1) is 51.8. The van der Waals surface area contributed by atoms with Gasteiger partial charge in [0.25, 0.3) is 0 Å². The van der Waals surface area contributed by atoms with E-state index in [1.165, 1.54) is 6.92 Å². The average Bonchev–Trinajstić information content (AvgIpc) is 3.16. The highest BCUT2D eigenvalue weighted by Crippen LogP contribution is 2.42. The van der Waals surface area contributed by atoms with Crippen molar-refractivity contribution in [3.63, 3.8) is 0 Å². The van der Waals surface area contributed by atoms with Crippen LogP contribution in [0.25, 0.3) is 0 Å². The fraction of sp³-hybridized carbons (Fsp3) is 0.953. The Bertz CT molecular complexity index is 1340. The zero-order valence-corrected chi connectivity index (χ0v) is 38.9. The summed E-state index contributed by atoms with van der Waals surface area (Å²) in [5, 5.41) is 49.4. The molecule has 0 radical (unpaired) electrons. The predicted molar refractivity (Wildman–Crippen MR) is 222 cm³/mol. The summed E-state index contributed by atoms with van der Waals surface area (Å²) in [5.41, 5.74) is -3.76. The van der Waals surface area contributed by atoms with Gasteiger partial charge in [0.1, 0.15) is 23.9 Å². The molecule has 3 aliphatic rings. The van der Waals surface area contributed by atoms with Crippen LogP contribution in [0.1, 0.15) is 101 Å². The summed E-state index contributed by atoms with van der Waals surface area (Å²) >= 11 is 0. The van der Waals surface area contributed by atoms with E-state index in [4.69, 9.17) is 37.9 Å². The van der Waals surface area contributed by atoms with Gasteiger partial charge in [-0.3, -0.25) is 4.79 Å². The van der Waals surface area contributed by atoms with Gasteiger partial charge in [-0.2, -0.15) is 0 Å². The summed E-state index contributed by atoms with van der Waals surface area (Å²) in [4.78, 5) is 18.5. The highest BCUT2D eigenvalue weighted by atomic mass is 16.7. The van der Waals surface area contributed by atoms with E-state index < -0.39 is 102 Å². The number of hydrogen-bond acceptors (Lipinski definition) is 16. The van der Waals surface area contributed by atoms with Crippen LogP contribution in [0, 0.1) is 23.7 Å². The third-order valence-corrected chi connectivity index (χ3v) is 13.4. The molecule has 3 fully saturated rings. The number of aliphatic hydroxyl groups excluding tert-OH is 2. The second kappa shape index (κ2) is 21.7. The third-order valence-electron chi connectivity index (χ3n) is 13.4. The minimum atomic E-state index is -1.93. The monoisotopic (exact) mass is 848 g/mol. The molecule has 0 aromatic carbocycles. The van der Waals surface area contributed by atoms with Crippen LogP contribution in [-0.4, -0.2) is 182 Å². The molecule has 16 heteroatoms. The topological polar surface area (TPSA) is 191 Å². The first-order valence-corrected chi connectivity index (χ1v) is 21.6. The van der Waals surface area contributed by atoms with Crippen molar-refractivity contribution in [1.29, 1.82) is 0 Å². The summed E-state index contributed by atoms with van der Waals surface area (Å²) in [6.45, 7) is 19.3. The molecule has 0 aliphatic carbocycles. The second-order valence-corrected chi connectivity index (χ2v) is 18.8. The number of likely N-dealkylation sites (N-methyl/N-ethyl adjacent to an activating group) is 1. The van der Waals surface area contributed by atoms with Crippen LogP contribution in [0.2, 0.25) is 0 Å². The van der Waals surface area contributed by atoms with Gasteiger partial charge in [0.2, 0.25) is 0 Å². The average molecular weight is 848 g/mol. The number of carbonyl (C=O) groups excluding carboxylic acids is 1. The summed E-state index contributed by atoms with van der Waals surface area (Å²) in [6.07, 6.45) is -6.62. The molecule has 0 bridgehead atoms. The van der Waals surface area contributed by atoms with Gasteiger partial charge in [0.05, 0.1) is 53.4 Å². The SMILES string of the molecule is CC[C@H]1OC(=O)[C@H](C)[C@@H](O[C@@H]2C[C@](C)(OC)[C@H](OCCCN(C)C)[C@@H](C)O2)[C@H](C)[C@@H](O[C@@H]2O[C@H](C)C[C@H](N(C)C)[C@H]2O)[C@](C)(OC)C[C@@H](C)/C(=N\O)[C@H](C)[C@@H](O)[C@]1(C)O. The number of methoxy groups -OCH3 is 2. The molecule has 0 aromatic rings. The van der Waals surface area contributed by atoms with Gasteiger partial charge in [0, 0.05) is 51.0 Å². The number of hydrogen-bond donors (Lipinski definition) is 4. The van der Waals surface area contributed by atoms with Crippen molar-refractivity contribution in [3.8, 4) is 0 Å². The maximum Gasteiger partial charge on any atom is 0.311 e. The molecule has 4 N–H and O–H groups in total. The minimum Gasteiger partial charge on any atom is -0.459 e. The zero-order chi connectivity index (χ0) is 44.8. The van der Waals surface area contributed by atoms with E-state index in [2.05, 4.69) is 10.1 Å². The largest absolute Gasteiger partial charge is 0.459 e. The van der Waals surface area contributed by atoms with Crippen LogP contribution < -0.4 is 0 Å². The van der Waals surface area contributed by atoms with Crippen molar-refractivity contribution >= 4 is 11.7 Å². The number of esters is 1. The molecule has 3 saturated heterocycles. The molecule has 0 spiro atoms. The lowest BCUT2D eigenvalue weighted by molar-refractivity contribution is -0.322. The van der Waals surface area contributed by atoms with Gasteiger partial charge in [-0.15, -0.1) is 0 Å². The van der Waals surface area contributed by atoms with Crippen LogP contribution in [0.4, 0.5) is 0 Å². The van der Waals surface area contributed by atoms with E-state index >= 15 is 0 Å². The number of aliphatic hydroxyl groups is 3. The fourth-order valence-electron chi connectivity index (χ4n) is 9.68. The summed E-state index contributed by atoms with van der Waals surface area (Å²) in [6, 6.07) is -0.276. The van der Waals surface area contributed by atoms with Crippen molar-refractivity contribution in [2.75, 3.05) is 55.6 Å². The predicted octanol–water partition coefficient (Wildman–Crippen LogP) is 3.68. The Morgan fingerprint density at radius 3 is 2.03 bits per heavy atom. The molecule has 0 unspecified atom stereocenters. The molecule has 59 heavy (non-hydrogen) atoms. The van der Waals surface area contributed by atoms with E-state index in [9.17, 15) is 25.3 Å². The van der Waals surface area contributed by atoms with Crippen LogP contribution in [-0.2, 0) is 42.7 Å². The van der Waals surface area contributed by atoms with Gasteiger partial charge < -0.3 is 68.2 Å². The Hall–Kier alpha value is -1.54. The Morgan fingerprint density at radius 1 is 0.881 bits per heavy atom. The lowest BCUT2D eigenvalue weighted by atomic mass is 9.73. The number of nitrogens with zero attached hydrogens (tertiary/aromatic N) is 3. The normalized spacial score (nSPS) is 45.4. The van der Waals surface area contributed by atoms with Crippen molar-refractivity contribution in [1.82, 2.24) is 9.80 Å². The third kappa shape index (κ3) is 12.1. The highest BCUT2D eigenvalue weighted by Gasteiger charge is 2.54. The van der Waals surface area contributed by atoms with Crippen LogP contribution in [0.5, 0.6) is 0 Å². The molecule has 3 heterocycles. The Balaban J connectivity index is 2.20. The number of cyclic esters (lactones) is 1. The highest BCUT2D eigenvalue weighted by molar-refractivity contribution is 5.88. The van der Waals surface area contributed by atoms with E-state index in [0.29, 0.717) is 13.0 Å². The van der Waals surface area contributed by atoms with Crippen LogP contribution in [0.3, 0.4) is 0 Å². The second-order valence-electron chi connectivity index (χ2n) is 18.8. The van der Waals surface area contributed by atoms with Gasteiger partial charge in [-0.05, 0) is 102 Å². The van der Waals surface area contributed by atoms with Gasteiger partial charge >= 0.3 is 5.97 Å². The summed E-state index contributed by atoms with van der Waals surface area (Å²) in [5.74, 6) is -3.74. The van der Waals surface area contributed by atoms with Crippen molar-refractivity contribution in [2.24, 2.45) is 28.8 Å². The zero-order valence-electron chi connectivity index (χ0n) is 38.9. The van der Waals surface area contributed by atoms with Gasteiger partial charge in [-0.25, -0.2) is 0 Å². The Kier molecular flexibility index (Phi) is 19.1.